The molecule has 0 unspecified atom stereocenters. The molecule has 1 aliphatic carbocycles. The molecule has 2 heteroatoms. The van der Waals surface area contributed by atoms with Crippen LogP contribution < -0.4 is 4.57 Å². The summed E-state index contributed by atoms with van der Waals surface area (Å²) in [6, 6.07) is 9.15. The highest BCUT2D eigenvalue weighted by Gasteiger charge is 2.20. The van der Waals surface area contributed by atoms with Gasteiger partial charge in [0.2, 0.25) is 6.33 Å². The van der Waals surface area contributed by atoms with Crippen LogP contribution in [0.1, 0.15) is 64.3 Å². The van der Waals surface area contributed by atoms with Crippen molar-refractivity contribution in [3.05, 3.63) is 54.9 Å². The van der Waals surface area contributed by atoms with E-state index in [-0.39, 0.29) is 0 Å². The molecule has 1 aromatic heterocycles. The lowest BCUT2D eigenvalue weighted by molar-refractivity contribution is -0.672. The van der Waals surface area contributed by atoms with Crippen molar-refractivity contribution in [3.63, 3.8) is 0 Å². The maximum absolute atomic E-state index is 2.44. The molecule has 0 bridgehead atoms. The number of aryl methyl sites for hydroxylation is 1. The monoisotopic (exact) mass is 323 g/mol. The minimum atomic E-state index is 0.370. The number of hydrogen-bond acceptors (Lipinski definition) is 0. The smallest absolute Gasteiger partial charge is 0.230 e. The largest absolute Gasteiger partial charge is 0.245 e. The third-order valence-electron chi connectivity index (χ3n) is 5.03. The number of imidazole rings is 1. The second-order valence-electron chi connectivity index (χ2n) is 6.94. The number of allylic oxidation sites excluding steroid dienone is 4. The van der Waals surface area contributed by atoms with Crippen molar-refractivity contribution in [2.45, 2.75) is 70.9 Å². The Morgan fingerprint density at radius 2 is 1.54 bits per heavy atom. The fourth-order valence-corrected chi connectivity index (χ4v) is 3.64. The van der Waals surface area contributed by atoms with Gasteiger partial charge < -0.3 is 0 Å². The van der Waals surface area contributed by atoms with E-state index in [9.17, 15) is 0 Å². The first-order valence-electron chi connectivity index (χ1n) is 9.74. The van der Waals surface area contributed by atoms with Crippen molar-refractivity contribution in [3.8, 4) is 0 Å². The van der Waals surface area contributed by atoms with Crippen LogP contribution in [0.15, 0.2) is 54.9 Å². The molecule has 3 rings (SSSR count). The van der Waals surface area contributed by atoms with Crippen molar-refractivity contribution >= 4 is 11.0 Å². The Bertz CT molecular complexity index is 681. The van der Waals surface area contributed by atoms with Crippen molar-refractivity contribution in [2.24, 2.45) is 0 Å². The van der Waals surface area contributed by atoms with E-state index in [1.54, 1.807) is 0 Å². The van der Waals surface area contributed by atoms with Gasteiger partial charge in [-0.1, -0.05) is 69.7 Å². The molecule has 0 spiro atoms. The molecule has 1 aromatic carbocycles. The summed E-state index contributed by atoms with van der Waals surface area (Å²) in [5.41, 5.74) is 2.69. The van der Waals surface area contributed by atoms with Crippen LogP contribution in [0, 0.1) is 0 Å². The van der Waals surface area contributed by atoms with Gasteiger partial charge in [0.25, 0.3) is 0 Å². The molecular formula is C22H31N2+. The van der Waals surface area contributed by atoms with Gasteiger partial charge in [-0.25, -0.2) is 9.13 Å². The van der Waals surface area contributed by atoms with E-state index in [2.05, 4.69) is 71.0 Å². The second-order valence-corrected chi connectivity index (χ2v) is 6.94. The van der Waals surface area contributed by atoms with Crippen molar-refractivity contribution in [1.82, 2.24) is 4.57 Å². The van der Waals surface area contributed by atoms with Gasteiger partial charge in [-0.05, 0) is 37.1 Å². The number of unbranched alkanes of at least 4 members (excludes halogenated alkanes) is 7. The highest BCUT2D eigenvalue weighted by molar-refractivity contribution is 5.72. The predicted molar refractivity (Wildman–Crippen MR) is 102 cm³/mol. The van der Waals surface area contributed by atoms with Crippen LogP contribution in [-0.2, 0) is 6.54 Å². The number of benzene rings is 1. The second kappa shape index (κ2) is 8.86. The maximum atomic E-state index is 2.44. The zero-order valence-electron chi connectivity index (χ0n) is 15.0. The average molecular weight is 324 g/mol. The molecule has 0 fully saturated rings. The number of aromatic nitrogens is 2. The maximum Gasteiger partial charge on any atom is 0.245 e. The molecule has 0 saturated heterocycles. The van der Waals surface area contributed by atoms with Crippen LogP contribution in [-0.4, -0.2) is 4.57 Å². The van der Waals surface area contributed by atoms with Gasteiger partial charge in [0.1, 0.15) is 6.04 Å². The summed E-state index contributed by atoms with van der Waals surface area (Å²) in [5, 5.41) is 0. The average Bonchev–Trinajstić information content (AvgIpc) is 3.25. The zero-order valence-corrected chi connectivity index (χ0v) is 15.0. The summed E-state index contributed by atoms with van der Waals surface area (Å²) in [5.74, 6) is 0. The lowest BCUT2D eigenvalue weighted by Crippen LogP contribution is -2.32. The first-order valence-corrected chi connectivity index (χ1v) is 9.74. The van der Waals surface area contributed by atoms with Crippen LogP contribution in [0.4, 0.5) is 0 Å². The van der Waals surface area contributed by atoms with E-state index in [4.69, 9.17) is 0 Å². The lowest BCUT2D eigenvalue weighted by atomic mass is 10.1. The van der Waals surface area contributed by atoms with E-state index in [1.807, 2.05) is 0 Å². The molecular weight excluding hydrogens is 292 g/mol. The molecule has 0 saturated carbocycles. The van der Waals surface area contributed by atoms with Crippen molar-refractivity contribution in [2.75, 3.05) is 0 Å². The number of para-hydroxylation sites is 2. The Kier molecular flexibility index (Phi) is 6.28. The Balaban J connectivity index is 1.55. The summed E-state index contributed by atoms with van der Waals surface area (Å²) in [6.07, 6.45) is 22.1. The van der Waals surface area contributed by atoms with Gasteiger partial charge >= 0.3 is 0 Å². The standard InChI is InChI=1S/C22H31N2/c1-2-3-4-5-6-7-8-13-18-23-19-24(20-14-9-10-15-20)22-17-12-11-16-21(22)23/h9-12,14-17,19-20H,2-8,13,18H2,1H3/q+1. The summed E-state index contributed by atoms with van der Waals surface area (Å²) < 4.78 is 4.83. The van der Waals surface area contributed by atoms with Crippen LogP contribution in [0.3, 0.4) is 0 Å². The predicted octanol–water partition coefficient (Wildman–Crippen LogP) is 5.74. The number of fused-ring (bicyclic) bond motifs is 1. The highest BCUT2D eigenvalue weighted by atomic mass is 15.1. The summed E-state index contributed by atoms with van der Waals surface area (Å²) >= 11 is 0. The van der Waals surface area contributed by atoms with Gasteiger partial charge in [-0.15, -0.1) is 0 Å². The van der Waals surface area contributed by atoms with Gasteiger partial charge in [-0.2, -0.15) is 0 Å². The topological polar surface area (TPSA) is 8.81 Å². The zero-order chi connectivity index (χ0) is 16.6. The number of rotatable bonds is 10. The third-order valence-corrected chi connectivity index (χ3v) is 5.03. The van der Waals surface area contributed by atoms with Crippen LogP contribution >= 0.6 is 0 Å². The van der Waals surface area contributed by atoms with Crippen molar-refractivity contribution < 1.29 is 4.57 Å². The molecule has 1 heterocycles. The van der Waals surface area contributed by atoms with Gasteiger partial charge in [0.05, 0.1) is 6.54 Å². The van der Waals surface area contributed by atoms with E-state index in [0.717, 1.165) is 6.54 Å². The Labute approximate surface area is 146 Å². The lowest BCUT2D eigenvalue weighted by Gasteiger charge is -2.01. The SMILES string of the molecule is CCCCCCCCCC[n+]1cn(C2C=CC=C2)c2ccccc21. The third kappa shape index (κ3) is 4.17. The Morgan fingerprint density at radius 1 is 0.875 bits per heavy atom. The summed E-state index contributed by atoms with van der Waals surface area (Å²) in [6.45, 7) is 3.41. The first-order chi connectivity index (χ1) is 11.9. The number of nitrogens with zero attached hydrogens (tertiary/aromatic N) is 2. The van der Waals surface area contributed by atoms with Crippen LogP contribution in [0.2, 0.25) is 0 Å². The van der Waals surface area contributed by atoms with E-state index < -0.39 is 0 Å². The molecule has 128 valence electrons. The molecule has 0 atom stereocenters. The first kappa shape index (κ1) is 17.0. The minimum absolute atomic E-state index is 0.370. The van der Waals surface area contributed by atoms with E-state index in [1.165, 1.54) is 62.4 Å². The highest BCUT2D eigenvalue weighted by Crippen LogP contribution is 2.21. The Morgan fingerprint density at radius 3 is 2.29 bits per heavy atom. The molecule has 0 aliphatic heterocycles. The van der Waals surface area contributed by atoms with Crippen LogP contribution in [0.25, 0.3) is 11.0 Å². The van der Waals surface area contributed by atoms with Gasteiger partial charge in [0.15, 0.2) is 11.0 Å². The van der Waals surface area contributed by atoms with E-state index in [0.29, 0.717) is 6.04 Å². The molecule has 2 aromatic rings. The molecule has 0 amide bonds. The molecule has 2 nitrogen and oxygen atoms in total. The molecule has 24 heavy (non-hydrogen) atoms. The summed E-state index contributed by atoms with van der Waals surface area (Å²) in [4.78, 5) is 0. The van der Waals surface area contributed by atoms with Crippen molar-refractivity contribution in [1.29, 1.82) is 0 Å². The summed E-state index contributed by atoms with van der Waals surface area (Å²) in [7, 11) is 0. The van der Waals surface area contributed by atoms with E-state index >= 15 is 0 Å². The molecule has 0 N–H and O–H groups in total. The van der Waals surface area contributed by atoms with Crippen LogP contribution in [0.5, 0.6) is 0 Å². The number of hydrogen-bond donors (Lipinski definition) is 0. The fourth-order valence-electron chi connectivity index (χ4n) is 3.64. The normalized spacial score (nSPS) is 14.2. The minimum Gasteiger partial charge on any atom is -0.230 e. The quantitative estimate of drug-likeness (QED) is 0.389. The fraction of sp³-hybridized carbons (Fsp3) is 0.500. The Hall–Kier alpha value is -1.83. The molecule has 0 radical (unpaired) electrons. The van der Waals surface area contributed by atoms with Gasteiger partial charge in [-0.3, -0.25) is 0 Å². The van der Waals surface area contributed by atoms with Gasteiger partial charge in [0, 0.05) is 0 Å². The molecule has 1 aliphatic rings.